The number of benzene rings is 1. The molecule has 0 unspecified atom stereocenters. The van der Waals surface area contributed by atoms with Gasteiger partial charge in [-0.2, -0.15) is 0 Å². The van der Waals surface area contributed by atoms with Crippen LogP contribution >= 0.6 is 0 Å². The Bertz CT molecular complexity index is 550. The van der Waals surface area contributed by atoms with Crippen molar-refractivity contribution in [1.82, 2.24) is 4.98 Å². The molecule has 1 aromatic heterocycles. The molecule has 0 saturated heterocycles. The number of hydrogen-bond donors (Lipinski definition) is 1. The fourth-order valence-corrected chi connectivity index (χ4v) is 1.81. The molecule has 94 valence electrons. The fourth-order valence-electron chi connectivity index (χ4n) is 1.81. The SMILES string of the molecule is COc1ccc(-c2cc(OC)c(C)nc2N)cc1. The summed E-state index contributed by atoms with van der Waals surface area (Å²) < 4.78 is 10.4. The lowest BCUT2D eigenvalue weighted by Gasteiger charge is -2.10. The van der Waals surface area contributed by atoms with E-state index in [0.29, 0.717) is 5.82 Å². The minimum Gasteiger partial charge on any atom is -0.497 e. The Morgan fingerprint density at radius 1 is 1.06 bits per heavy atom. The van der Waals surface area contributed by atoms with E-state index in [1.807, 2.05) is 37.3 Å². The molecule has 2 rings (SSSR count). The maximum absolute atomic E-state index is 5.95. The summed E-state index contributed by atoms with van der Waals surface area (Å²) in [6, 6.07) is 9.57. The molecule has 1 heterocycles. The normalized spacial score (nSPS) is 10.2. The van der Waals surface area contributed by atoms with E-state index >= 15 is 0 Å². The average molecular weight is 244 g/mol. The molecule has 0 aliphatic rings. The van der Waals surface area contributed by atoms with Crippen LogP contribution in [0.1, 0.15) is 5.69 Å². The Kier molecular flexibility index (Phi) is 3.37. The van der Waals surface area contributed by atoms with Gasteiger partial charge in [-0.1, -0.05) is 12.1 Å². The van der Waals surface area contributed by atoms with Gasteiger partial charge in [-0.25, -0.2) is 4.98 Å². The van der Waals surface area contributed by atoms with Crippen LogP contribution in [0.3, 0.4) is 0 Å². The van der Waals surface area contributed by atoms with Crippen LogP contribution in [-0.2, 0) is 0 Å². The monoisotopic (exact) mass is 244 g/mol. The summed E-state index contributed by atoms with van der Waals surface area (Å²) in [6.45, 7) is 1.87. The molecule has 0 bridgehead atoms. The van der Waals surface area contributed by atoms with Crippen molar-refractivity contribution >= 4 is 5.82 Å². The maximum Gasteiger partial charge on any atom is 0.140 e. The van der Waals surface area contributed by atoms with Crippen molar-refractivity contribution in [3.05, 3.63) is 36.0 Å². The van der Waals surface area contributed by atoms with Crippen LogP contribution in [0.15, 0.2) is 30.3 Å². The van der Waals surface area contributed by atoms with E-state index < -0.39 is 0 Å². The lowest BCUT2D eigenvalue weighted by atomic mass is 10.1. The molecule has 2 N–H and O–H groups in total. The smallest absolute Gasteiger partial charge is 0.140 e. The molecule has 4 heteroatoms. The Balaban J connectivity index is 2.48. The molecule has 0 aliphatic heterocycles. The summed E-state index contributed by atoms with van der Waals surface area (Å²) in [4.78, 5) is 4.28. The minimum absolute atomic E-state index is 0.499. The van der Waals surface area contributed by atoms with E-state index in [-0.39, 0.29) is 0 Å². The number of nitrogens with zero attached hydrogens (tertiary/aromatic N) is 1. The number of aromatic nitrogens is 1. The zero-order valence-electron chi connectivity index (χ0n) is 10.7. The number of nitrogens with two attached hydrogens (primary N) is 1. The molecular weight excluding hydrogens is 228 g/mol. The van der Waals surface area contributed by atoms with Gasteiger partial charge in [0.25, 0.3) is 0 Å². The van der Waals surface area contributed by atoms with E-state index in [1.165, 1.54) is 0 Å². The van der Waals surface area contributed by atoms with Crippen LogP contribution in [-0.4, -0.2) is 19.2 Å². The van der Waals surface area contributed by atoms with Gasteiger partial charge in [0.2, 0.25) is 0 Å². The van der Waals surface area contributed by atoms with E-state index in [4.69, 9.17) is 15.2 Å². The second kappa shape index (κ2) is 4.96. The molecule has 0 saturated carbocycles. The zero-order valence-corrected chi connectivity index (χ0v) is 10.7. The molecule has 4 nitrogen and oxygen atoms in total. The second-order valence-electron chi connectivity index (χ2n) is 3.94. The first-order valence-electron chi connectivity index (χ1n) is 5.61. The highest BCUT2D eigenvalue weighted by molar-refractivity contribution is 5.75. The van der Waals surface area contributed by atoms with Gasteiger partial charge >= 0.3 is 0 Å². The Labute approximate surface area is 106 Å². The summed E-state index contributed by atoms with van der Waals surface area (Å²) >= 11 is 0. The van der Waals surface area contributed by atoms with Gasteiger partial charge in [0.1, 0.15) is 17.3 Å². The highest BCUT2D eigenvalue weighted by Gasteiger charge is 2.09. The molecular formula is C14H16N2O2. The molecule has 0 spiro atoms. The first-order chi connectivity index (χ1) is 8.65. The largest absolute Gasteiger partial charge is 0.497 e. The summed E-state index contributed by atoms with van der Waals surface area (Å²) in [5, 5.41) is 0. The van der Waals surface area contributed by atoms with Gasteiger partial charge in [0, 0.05) is 5.56 Å². The Morgan fingerprint density at radius 3 is 2.28 bits per heavy atom. The maximum atomic E-state index is 5.95. The summed E-state index contributed by atoms with van der Waals surface area (Å²) in [7, 11) is 3.26. The van der Waals surface area contributed by atoms with E-state index in [1.54, 1.807) is 14.2 Å². The predicted octanol–water partition coefficient (Wildman–Crippen LogP) is 2.66. The standard InChI is InChI=1S/C14H16N2O2/c1-9-13(18-3)8-12(14(15)16-9)10-4-6-11(17-2)7-5-10/h4-8H,1-3H3,(H2,15,16). The summed E-state index contributed by atoms with van der Waals surface area (Å²) in [5.74, 6) is 2.04. The predicted molar refractivity (Wildman–Crippen MR) is 71.9 cm³/mol. The number of methoxy groups -OCH3 is 2. The molecule has 18 heavy (non-hydrogen) atoms. The third-order valence-corrected chi connectivity index (χ3v) is 2.82. The van der Waals surface area contributed by atoms with Crippen molar-refractivity contribution in [3.8, 4) is 22.6 Å². The molecule has 0 aliphatic carbocycles. The highest BCUT2D eigenvalue weighted by Crippen LogP contribution is 2.31. The van der Waals surface area contributed by atoms with Gasteiger partial charge in [0.05, 0.1) is 19.9 Å². The number of ether oxygens (including phenoxy) is 2. The van der Waals surface area contributed by atoms with E-state index in [0.717, 1.165) is 28.3 Å². The quantitative estimate of drug-likeness (QED) is 0.901. The Hall–Kier alpha value is -2.23. The molecule has 1 aromatic carbocycles. The Morgan fingerprint density at radius 2 is 1.72 bits per heavy atom. The number of pyridine rings is 1. The van der Waals surface area contributed by atoms with Gasteiger partial charge in [-0.05, 0) is 30.7 Å². The number of nitrogen functional groups attached to an aromatic ring is 1. The summed E-state index contributed by atoms with van der Waals surface area (Å²) in [6.07, 6.45) is 0. The van der Waals surface area contributed by atoms with Crippen LogP contribution in [0.25, 0.3) is 11.1 Å². The van der Waals surface area contributed by atoms with Gasteiger partial charge in [0.15, 0.2) is 0 Å². The molecule has 0 fully saturated rings. The average Bonchev–Trinajstić information content (AvgIpc) is 2.39. The van der Waals surface area contributed by atoms with Crippen LogP contribution in [0.2, 0.25) is 0 Å². The van der Waals surface area contributed by atoms with Gasteiger partial charge in [-0.3, -0.25) is 0 Å². The van der Waals surface area contributed by atoms with Gasteiger partial charge in [-0.15, -0.1) is 0 Å². The van der Waals surface area contributed by atoms with Crippen molar-refractivity contribution in [3.63, 3.8) is 0 Å². The fraction of sp³-hybridized carbons (Fsp3) is 0.214. The summed E-state index contributed by atoms with van der Waals surface area (Å²) in [5.41, 5.74) is 8.58. The first kappa shape index (κ1) is 12.2. The molecule has 0 radical (unpaired) electrons. The van der Waals surface area contributed by atoms with Crippen molar-refractivity contribution in [1.29, 1.82) is 0 Å². The second-order valence-corrected chi connectivity index (χ2v) is 3.94. The van der Waals surface area contributed by atoms with Crippen LogP contribution < -0.4 is 15.2 Å². The van der Waals surface area contributed by atoms with Crippen molar-refractivity contribution in [2.45, 2.75) is 6.92 Å². The van der Waals surface area contributed by atoms with Crippen LogP contribution in [0.5, 0.6) is 11.5 Å². The van der Waals surface area contributed by atoms with Crippen molar-refractivity contribution in [2.24, 2.45) is 0 Å². The third-order valence-electron chi connectivity index (χ3n) is 2.82. The third kappa shape index (κ3) is 2.22. The topological polar surface area (TPSA) is 57.4 Å². The molecule has 2 aromatic rings. The molecule has 0 amide bonds. The number of aryl methyl sites for hydroxylation is 1. The van der Waals surface area contributed by atoms with E-state index in [9.17, 15) is 0 Å². The molecule has 0 atom stereocenters. The van der Waals surface area contributed by atoms with Crippen LogP contribution in [0.4, 0.5) is 5.82 Å². The van der Waals surface area contributed by atoms with Crippen molar-refractivity contribution in [2.75, 3.05) is 20.0 Å². The van der Waals surface area contributed by atoms with E-state index in [2.05, 4.69) is 4.98 Å². The van der Waals surface area contributed by atoms with Crippen LogP contribution in [0, 0.1) is 6.92 Å². The lowest BCUT2D eigenvalue weighted by Crippen LogP contribution is -1.99. The number of rotatable bonds is 3. The number of anilines is 1. The first-order valence-corrected chi connectivity index (χ1v) is 5.61. The lowest BCUT2D eigenvalue weighted by molar-refractivity contribution is 0.409. The van der Waals surface area contributed by atoms with Gasteiger partial charge < -0.3 is 15.2 Å². The number of hydrogen-bond acceptors (Lipinski definition) is 4. The zero-order chi connectivity index (χ0) is 13.1. The van der Waals surface area contributed by atoms with Crippen molar-refractivity contribution < 1.29 is 9.47 Å². The highest BCUT2D eigenvalue weighted by atomic mass is 16.5. The minimum atomic E-state index is 0.499.